The average molecular weight is 747 g/mol. The molecule has 0 atom stereocenters. The molecule has 0 saturated heterocycles. The molecule has 0 unspecified atom stereocenters. The van der Waals surface area contributed by atoms with Gasteiger partial charge in [0.1, 0.15) is 23.3 Å². The fourth-order valence-corrected chi connectivity index (χ4v) is 10.3. The molecule has 4 heterocycles. The molecule has 4 aromatic carbocycles. The highest BCUT2D eigenvalue weighted by Crippen LogP contribution is 2.63. The second kappa shape index (κ2) is 11.6. The number of aromatic nitrogens is 2. The van der Waals surface area contributed by atoms with E-state index in [0.717, 1.165) is 45.6 Å². The number of hydrogen-bond acceptors (Lipinski definition) is 6. The number of anilines is 2. The monoisotopic (exact) mass is 746 g/mol. The van der Waals surface area contributed by atoms with Gasteiger partial charge in [0.2, 0.25) is 0 Å². The molecular weight excluding hydrogens is 697 g/mol. The second-order valence-electron chi connectivity index (χ2n) is 18.4. The Kier molecular flexibility index (Phi) is 7.23. The Morgan fingerprint density at radius 1 is 0.404 bits per heavy atom. The number of hydrogen-bond donors (Lipinski definition) is 0. The lowest BCUT2D eigenvalue weighted by Crippen LogP contribution is -2.53. The molecule has 2 aromatic heterocycles. The predicted molar refractivity (Wildman–Crippen MR) is 237 cm³/mol. The summed E-state index contributed by atoms with van der Waals surface area (Å²) in [5.74, 6) is 3.84. The molecule has 0 fully saturated rings. The van der Waals surface area contributed by atoms with Crippen molar-refractivity contribution in [3.05, 3.63) is 144 Å². The van der Waals surface area contributed by atoms with E-state index in [1.54, 1.807) is 0 Å². The van der Waals surface area contributed by atoms with E-state index in [9.17, 15) is 0 Å². The first-order valence-electron chi connectivity index (χ1n) is 20.2. The van der Waals surface area contributed by atoms with E-state index in [1.165, 1.54) is 44.5 Å². The van der Waals surface area contributed by atoms with Crippen molar-refractivity contribution >= 4 is 23.3 Å². The first kappa shape index (κ1) is 35.5. The fourth-order valence-electron chi connectivity index (χ4n) is 10.3. The lowest BCUT2D eigenvalue weighted by Gasteiger charge is -2.40. The van der Waals surface area contributed by atoms with Crippen molar-refractivity contribution < 1.29 is 0 Å². The zero-order chi connectivity index (χ0) is 39.9. The zero-order valence-electron chi connectivity index (χ0n) is 34.7. The van der Waals surface area contributed by atoms with Crippen LogP contribution in [0.2, 0.25) is 0 Å². The average Bonchev–Trinajstić information content (AvgIpc) is 3.76. The third-order valence-corrected chi connectivity index (χ3v) is 14.4. The summed E-state index contributed by atoms with van der Waals surface area (Å²) in [4.78, 5) is 24.7. The van der Waals surface area contributed by atoms with Crippen LogP contribution in [0.15, 0.2) is 132 Å². The molecule has 57 heavy (non-hydrogen) atoms. The van der Waals surface area contributed by atoms with E-state index in [4.69, 9.17) is 20.0 Å². The van der Waals surface area contributed by atoms with Crippen molar-refractivity contribution in [1.29, 1.82) is 0 Å². The molecule has 2 aliphatic heterocycles. The lowest BCUT2D eigenvalue weighted by molar-refractivity contribution is 0.337. The number of aliphatic imine (C=N–C) groups is 2. The number of rotatable bonds is 4. The molecule has 0 bridgehead atoms. The number of benzene rings is 4. The first-order valence-corrected chi connectivity index (χ1v) is 20.2. The van der Waals surface area contributed by atoms with Crippen LogP contribution in [0.5, 0.6) is 0 Å². The summed E-state index contributed by atoms with van der Waals surface area (Å²) in [6.07, 6.45) is 4.06. The minimum atomic E-state index is -0.484. The van der Waals surface area contributed by atoms with E-state index in [1.807, 2.05) is 12.4 Å². The normalized spacial score (nSPS) is 19.5. The van der Waals surface area contributed by atoms with Gasteiger partial charge in [0.25, 0.3) is 0 Å². The number of fused-ring (bicyclic) bond motifs is 10. The third-order valence-electron chi connectivity index (χ3n) is 14.4. The van der Waals surface area contributed by atoms with E-state index in [2.05, 4.69) is 188 Å². The van der Waals surface area contributed by atoms with Crippen LogP contribution in [0.25, 0.3) is 44.5 Å². The van der Waals surface area contributed by atoms with Gasteiger partial charge in [0.15, 0.2) is 0 Å². The van der Waals surface area contributed by atoms with Crippen molar-refractivity contribution in [1.82, 2.24) is 9.97 Å². The summed E-state index contributed by atoms with van der Waals surface area (Å²) in [7, 11) is 0. The van der Waals surface area contributed by atoms with Crippen molar-refractivity contribution in [2.24, 2.45) is 9.98 Å². The predicted octanol–water partition coefficient (Wildman–Crippen LogP) is 11.7. The maximum Gasteiger partial charge on any atom is 0.134 e. The Morgan fingerprint density at radius 2 is 0.772 bits per heavy atom. The number of pyridine rings is 2. The van der Waals surface area contributed by atoms with E-state index in [-0.39, 0.29) is 22.2 Å². The van der Waals surface area contributed by atoms with Gasteiger partial charge in [-0.1, -0.05) is 72.8 Å². The fraction of sp³-hybridized carbons (Fsp3) is 0.294. The second-order valence-corrected chi connectivity index (χ2v) is 18.4. The van der Waals surface area contributed by atoms with Crippen LogP contribution < -0.4 is 9.80 Å². The van der Waals surface area contributed by atoms with Gasteiger partial charge < -0.3 is 9.80 Å². The summed E-state index contributed by atoms with van der Waals surface area (Å²) in [6.45, 7) is 22.0. The lowest BCUT2D eigenvalue weighted by atomic mass is 9.70. The summed E-state index contributed by atoms with van der Waals surface area (Å²) in [5, 5.41) is 0. The Labute approximate surface area is 337 Å². The number of amidine groups is 2. The standard InChI is InChI=1S/C51H50N6/c1-31-54-47(3,4)49(7,8)56(31)45-25-21-35(29-52-45)33-19-23-39-40-24-20-34(36-22-26-46(53-30-36)57-32(2)55-48(5,6)50(57,9)10)28-44(40)51(43(39)27-33)41-17-13-11-15-37(41)38-16-12-14-18-42(38)51/h11-30H,1-10H3. The first-order chi connectivity index (χ1) is 27.1. The summed E-state index contributed by atoms with van der Waals surface area (Å²) in [5.41, 5.74) is 13.6. The van der Waals surface area contributed by atoms with Gasteiger partial charge >= 0.3 is 0 Å². The van der Waals surface area contributed by atoms with Gasteiger partial charge in [-0.25, -0.2) is 9.97 Å². The van der Waals surface area contributed by atoms with Gasteiger partial charge in [-0.05, 0) is 161 Å². The van der Waals surface area contributed by atoms with Crippen LogP contribution in [0.3, 0.4) is 0 Å². The zero-order valence-corrected chi connectivity index (χ0v) is 34.7. The molecule has 6 aromatic rings. The summed E-state index contributed by atoms with van der Waals surface area (Å²) < 4.78 is 0. The number of nitrogens with zero attached hydrogens (tertiary/aromatic N) is 6. The van der Waals surface area contributed by atoms with Crippen molar-refractivity contribution in [3.8, 4) is 44.5 Å². The topological polar surface area (TPSA) is 57.0 Å². The van der Waals surface area contributed by atoms with Gasteiger partial charge in [-0.2, -0.15) is 0 Å². The highest BCUT2D eigenvalue weighted by atomic mass is 15.4. The van der Waals surface area contributed by atoms with Crippen LogP contribution >= 0.6 is 0 Å². The molecule has 0 N–H and O–H groups in total. The molecule has 0 saturated carbocycles. The maximum atomic E-state index is 5.07. The molecule has 0 radical (unpaired) electrons. The molecule has 6 nitrogen and oxygen atoms in total. The molecule has 10 rings (SSSR count). The highest BCUT2D eigenvalue weighted by molar-refractivity contribution is 6.01. The van der Waals surface area contributed by atoms with E-state index >= 15 is 0 Å². The van der Waals surface area contributed by atoms with Crippen LogP contribution in [0.4, 0.5) is 11.6 Å². The smallest absolute Gasteiger partial charge is 0.134 e. The third kappa shape index (κ3) is 4.64. The van der Waals surface area contributed by atoms with E-state index < -0.39 is 5.41 Å². The highest BCUT2D eigenvalue weighted by Gasteiger charge is 2.53. The minimum absolute atomic E-state index is 0.201. The SMILES string of the molecule is CC1=NC(C)(C)C(C)(C)N1c1ccc(-c2ccc3c(c2)C2(c4ccccc4-c4ccccc42)c2cc(-c4ccc(N5C(C)=NC(C)(C)C5(C)C)nc4)ccc2-3)cn1. The van der Waals surface area contributed by atoms with Crippen LogP contribution in [0.1, 0.15) is 91.5 Å². The Hall–Kier alpha value is -5.88. The van der Waals surface area contributed by atoms with Crippen LogP contribution in [-0.2, 0) is 5.41 Å². The summed E-state index contributed by atoms with van der Waals surface area (Å²) >= 11 is 0. The van der Waals surface area contributed by atoms with Crippen LogP contribution in [0, 0.1) is 0 Å². The molecule has 6 heteroatoms. The molecule has 284 valence electrons. The minimum Gasteiger partial charge on any atom is -0.307 e. The van der Waals surface area contributed by atoms with Crippen LogP contribution in [-0.4, -0.2) is 43.8 Å². The molecule has 1 spiro atoms. The van der Waals surface area contributed by atoms with E-state index in [0.29, 0.717) is 0 Å². The molecular formula is C51H50N6. The van der Waals surface area contributed by atoms with Crippen molar-refractivity contribution in [2.45, 2.75) is 96.8 Å². The largest absolute Gasteiger partial charge is 0.307 e. The van der Waals surface area contributed by atoms with Gasteiger partial charge in [-0.15, -0.1) is 0 Å². The van der Waals surface area contributed by atoms with Gasteiger partial charge in [-0.3, -0.25) is 9.98 Å². The van der Waals surface area contributed by atoms with Gasteiger partial charge in [0.05, 0.1) is 27.6 Å². The Morgan fingerprint density at radius 3 is 1.12 bits per heavy atom. The maximum absolute atomic E-state index is 5.07. The Balaban J connectivity index is 1.10. The molecule has 2 aliphatic carbocycles. The summed E-state index contributed by atoms with van der Waals surface area (Å²) in [6, 6.07) is 40.8. The molecule has 4 aliphatic rings. The quantitative estimate of drug-likeness (QED) is 0.180. The Bertz CT molecular complexity index is 2520. The van der Waals surface area contributed by atoms with Gasteiger partial charge in [0, 0.05) is 23.5 Å². The van der Waals surface area contributed by atoms with Crippen molar-refractivity contribution in [3.63, 3.8) is 0 Å². The van der Waals surface area contributed by atoms with Crippen molar-refractivity contribution in [2.75, 3.05) is 9.80 Å². The molecule has 0 amide bonds.